The molecular formula is C8H15N3. The Labute approximate surface area is 67.3 Å². The quantitative estimate of drug-likeness (QED) is 0.331. The summed E-state index contributed by atoms with van der Waals surface area (Å²) >= 11 is 0. The number of nitrogens with two attached hydrogens (primary N) is 2. The van der Waals surface area contributed by atoms with Gasteiger partial charge in [0, 0.05) is 6.54 Å². The van der Waals surface area contributed by atoms with Crippen molar-refractivity contribution in [2.45, 2.75) is 11.2 Å². The SMILES string of the molecule is C=CC(N)(N)C1(C=C)CN1C. The molecule has 1 fully saturated rings. The lowest BCUT2D eigenvalue weighted by atomic mass is 9.94. The number of rotatable bonds is 3. The fourth-order valence-corrected chi connectivity index (χ4v) is 1.37. The van der Waals surface area contributed by atoms with E-state index in [1.165, 1.54) is 0 Å². The molecule has 62 valence electrons. The van der Waals surface area contributed by atoms with Crippen LogP contribution >= 0.6 is 0 Å². The van der Waals surface area contributed by atoms with E-state index < -0.39 is 5.66 Å². The highest BCUT2D eigenvalue weighted by Gasteiger charge is 2.57. The molecule has 0 aromatic rings. The van der Waals surface area contributed by atoms with E-state index in [2.05, 4.69) is 13.2 Å². The molecule has 0 aromatic heterocycles. The van der Waals surface area contributed by atoms with Crippen LogP contribution in [0.2, 0.25) is 0 Å². The molecule has 1 aliphatic heterocycles. The number of hydrogen-bond donors (Lipinski definition) is 2. The lowest BCUT2D eigenvalue weighted by Crippen LogP contribution is -2.60. The Bertz CT molecular complexity index is 198. The van der Waals surface area contributed by atoms with Crippen LogP contribution in [0.3, 0.4) is 0 Å². The molecule has 1 heterocycles. The zero-order valence-corrected chi connectivity index (χ0v) is 6.88. The highest BCUT2D eigenvalue weighted by Crippen LogP contribution is 2.37. The van der Waals surface area contributed by atoms with Gasteiger partial charge >= 0.3 is 0 Å². The second kappa shape index (κ2) is 2.17. The Morgan fingerprint density at radius 2 is 2.00 bits per heavy atom. The van der Waals surface area contributed by atoms with E-state index in [0.29, 0.717) is 0 Å². The van der Waals surface area contributed by atoms with E-state index in [4.69, 9.17) is 11.5 Å². The van der Waals surface area contributed by atoms with Gasteiger partial charge < -0.3 is 11.5 Å². The maximum Gasteiger partial charge on any atom is 0.106 e. The molecule has 0 radical (unpaired) electrons. The maximum atomic E-state index is 5.80. The first kappa shape index (κ1) is 8.46. The molecule has 2 unspecified atom stereocenters. The van der Waals surface area contributed by atoms with Gasteiger partial charge in [0.15, 0.2) is 0 Å². The van der Waals surface area contributed by atoms with Crippen molar-refractivity contribution in [2.24, 2.45) is 11.5 Å². The summed E-state index contributed by atoms with van der Waals surface area (Å²) in [7, 11) is 1.96. The van der Waals surface area contributed by atoms with Gasteiger partial charge in [0.1, 0.15) is 5.66 Å². The van der Waals surface area contributed by atoms with Crippen molar-refractivity contribution in [2.75, 3.05) is 13.6 Å². The molecule has 0 amide bonds. The first-order valence-corrected chi connectivity index (χ1v) is 3.56. The first-order valence-electron chi connectivity index (χ1n) is 3.56. The summed E-state index contributed by atoms with van der Waals surface area (Å²) < 4.78 is 0. The predicted octanol–water partition coefficient (Wildman–Crippen LogP) is -0.344. The molecule has 1 rings (SSSR count). The van der Waals surface area contributed by atoms with Crippen molar-refractivity contribution in [1.29, 1.82) is 0 Å². The summed E-state index contributed by atoms with van der Waals surface area (Å²) in [6.45, 7) is 8.16. The molecule has 0 aromatic carbocycles. The van der Waals surface area contributed by atoms with E-state index >= 15 is 0 Å². The lowest BCUT2D eigenvalue weighted by Gasteiger charge is -2.28. The molecule has 0 spiro atoms. The van der Waals surface area contributed by atoms with Crippen LogP contribution in [-0.4, -0.2) is 29.7 Å². The first-order chi connectivity index (χ1) is 5.00. The molecule has 1 aliphatic rings. The summed E-state index contributed by atoms with van der Waals surface area (Å²) in [6, 6.07) is 0. The van der Waals surface area contributed by atoms with Crippen molar-refractivity contribution in [3.63, 3.8) is 0 Å². The third-order valence-corrected chi connectivity index (χ3v) is 2.48. The monoisotopic (exact) mass is 153 g/mol. The average molecular weight is 153 g/mol. The van der Waals surface area contributed by atoms with Gasteiger partial charge in [0.2, 0.25) is 0 Å². The summed E-state index contributed by atoms with van der Waals surface area (Å²) in [6.07, 6.45) is 3.35. The van der Waals surface area contributed by atoms with Gasteiger partial charge in [-0.05, 0) is 7.05 Å². The zero-order valence-electron chi connectivity index (χ0n) is 6.88. The van der Waals surface area contributed by atoms with E-state index in [1.54, 1.807) is 12.2 Å². The highest BCUT2D eigenvalue weighted by atomic mass is 15.4. The van der Waals surface area contributed by atoms with Gasteiger partial charge in [-0.1, -0.05) is 18.7 Å². The Morgan fingerprint density at radius 1 is 1.55 bits per heavy atom. The molecule has 0 aliphatic carbocycles. The Hall–Kier alpha value is -0.640. The van der Waals surface area contributed by atoms with E-state index in [-0.39, 0.29) is 5.54 Å². The summed E-state index contributed by atoms with van der Waals surface area (Å²) in [5.74, 6) is 0. The fraction of sp³-hybridized carbons (Fsp3) is 0.500. The van der Waals surface area contributed by atoms with Crippen LogP contribution in [0.1, 0.15) is 0 Å². The van der Waals surface area contributed by atoms with Gasteiger partial charge in [0.25, 0.3) is 0 Å². The van der Waals surface area contributed by atoms with Gasteiger partial charge in [-0.25, -0.2) is 0 Å². The third kappa shape index (κ3) is 0.929. The molecule has 4 N–H and O–H groups in total. The smallest absolute Gasteiger partial charge is 0.106 e. The van der Waals surface area contributed by atoms with Gasteiger partial charge in [-0.2, -0.15) is 0 Å². The van der Waals surface area contributed by atoms with Crippen LogP contribution in [0.5, 0.6) is 0 Å². The standard InChI is InChI=1S/C8H15N3/c1-4-7(6-11(7)3)8(9,10)5-2/h4-5H,1-2,6,9-10H2,3H3. The van der Waals surface area contributed by atoms with Crippen LogP contribution in [0, 0.1) is 0 Å². The summed E-state index contributed by atoms with van der Waals surface area (Å²) in [5.41, 5.74) is 10.5. The second-order valence-electron chi connectivity index (χ2n) is 3.12. The van der Waals surface area contributed by atoms with Crippen molar-refractivity contribution in [3.05, 3.63) is 25.3 Å². The number of hydrogen-bond acceptors (Lipinski definition) is 3. The van der Waals surface area contributed by atoms with Crippen LogP contribution in [0.25, 0.3) is 0 Å². The Morgan fingerprint density at radius 3 is 2.09 bits per heavy atom. The predicted molar refractivity (Wildman–Crippen MR) is 46.9 cm³/mol. The molecule has 2 atom stereocenters. The minimum absolute atomic E-state index is 0.269. The topological polar surface area (TPSA) is 55.0 Å². The van der Waals surface area contributed by atoms with Crippen molar-refractivity contribution in [1.82, 2.24) is 4.90 Å². The molecule has 11 heavy (non-hydrogen) atoms. The van der Waals surface area contributed by atoms with Crippen molar-refractivity contribution in [3.8, 4) is 0 Å². The number of likely N-dealkylation sites (N-methyl/N-ethyl adjacent to an activating group) is 1. The molecule has 1 saturated heterocycles. The molecule has 3 nitrogen and oxygen atoms in total. The lowest BCUT2D eigenvalue weighted by molar-refractivity contribution is 0.381. The maximum absolute atomic E-state index is 5.80. The Kier molecular flexibility index (Phi) is 1.67. The van der Waals surface area contributed by atoms with Crippen LogP contribution in [-0.2, 0) is 0 Å². The minimum atomic E-state index is -0.858. The molecule has 0 saturated carbocycles. The van der Waals surface area contributed by atoms with Gasteiger partial charge in [-0.3, -0.25) is 4.90 Å². The van der Waals surface area contributed by atoms with E-state index in [0.717, 1.165) is 6.54 Å². The second-order valence-corrected chi connectivity index (χ2v) is 3.12. The van der Waals surface area contributed by atoms with Crippen LogP contribution < -0.4 is 11.5 Å². The van der Waals surface area contributed by atoms with E-state index in [9.17, 15) is 0 Å². The normalized spacial score (nSPS) is 36.5. The molecular weight excluding hydrogens is 138 g/mol. The molecule has 0 bridgehead atoms. The van der Waals surface area contributed by atoms with Gasteiger partial charge in [0.05, 0.1) is 5.54 Å². The minimum Gasteiger partial charge on any atom is -0.308 e. The van der Waals surface area contributed by atoms with Crippen LogP contribution in [0.4, 0.5) is 0 Å². The highest BCUT2D eigenvalue weighted by molar-refractivity contribution is 5.31. The van der Waals surface area contributed by atoms with E-state index in [1.807, 2.05) is 11.9 Å². The third-order valence-electron chi connectivity index (χ3n) is 2.48. The average Bonchev–Trinajstić information content (AvgIpc) is 2.63. The summed E-state index contributed by atoms with van der Waals surface area (Å²) in [4.78, 5) is 2.04. The molecule has 3 heteroatoms. The fourth-order valence-electron chi connectivity index (χ4n) is 1.37. The van der Waals surface area contributed by atoms with Gasteiger partial charge in [-0.15, -0.1) is 6.58 Å². The van der Waals surface area contributed by atoms with Crippen molar-refractivity contribution < 1.29 is 0 Å². The van der Waals surface area contributed by atoms with Crippen LogP contribution in [0.15, 0.2) is 25.3 Å². The zero-order chi connectivity index (χ0) is 8.70. The van der Waals surface area contributed by atoms with Crippen molar-refractivity contribution >= 4 is 0 Å². The largest absolute Gasteiger partial charge is 0.308 e. The number of nitrogens with zero attached hydrogens (tertiary/aromatic N) is 1. The summed E-state index contributed by atoms with van der Waals surface area (Å²) in [5, 5.41) is 0. The Balaban J connectivity index is 2.88.